The van der Waals surface area contributed by atoms with Gasteiger partial charge in [-0.05, 0) is 137 Å². The molecule has 1 aromatic carbocycles. The van der Waals surface area contributed by atoms with Gasteiger partial charge in [-0.1, -0.05) is 49.3 Å². The van der Waals surface area contributed by atoms with E-state index >= 15 is 0 Å². The molecule has 2 unspecified atom stereocenters. The molecular formula is C34H57NO3Si2. The number of fused-ring (bicyclic) bond motifs is 5. The number of rotatable bonds is 9. The Kier molecular flexibility index (Phi) is 8.86. The summed E-state index contributed by atoms with van der Waals surface area (Å²) in [7, 11) is -3.15. The third kappa shape index (κ3) is 6.50. The standard InChI is InChI=1S/C34H57NO3Si2/c1-33-20-18-27(38-40(6,7)8)22-26(33)14-15-28-29-16-17-31(34(29,2)21-19-30(28)33)32(24-37-39(3,4)5)35-36-23-25-12-10-9-11-13-25/h9-13,26-31H,14-24H2,1-8H3/b35-32+/t26?,27?,28-,29-,30-,31+,33-,34-/m0/s1. The van der Waals surface area contributed by atoms with Gasteiger partial charge in [0, 0.05) is 12.0 Å². The lowest BCUT2D eigenvalue weighted by Gasteiger charge is -2.61. The minimum atomic E-state index is -1.66. The molecule has 0 saturated heterocycles. The van der Waals surface area contributed by atoms with Crippen LogP contribution >= 0.6 is 0 Å². The highest BCUT2D eigenvalue weighted by atomic mass is 28.4. The number of oxime groups is 1. The first-order chi connectivity index (χ1) is 18.8. The molecule has 8 atom stereocenters. The zero-order valence-corrected chi connectivity index (χ0v) is 28.8. The molecule has 0 aromatic heterocycles. The SMILES string of the molecule is C[C@]12CC[C@H]3[C@@H](CCC4CC(O[Si](C)(C)C)CC[C@@]43C)[C@@H]1CC[C@@H]2/C(CO[Si](C)(C)C)=N/OCc1ccccc1. The summed E-state index contributed by atoms with van der Waals surface area (Å²) in [6.07, 6.45) is 12.6. The molecule has 4 aliphatic rings. The molecule has 0 N–H and O–H groups in total. The van der Waals surface area contributed by atoms with Gasteiger partial charge in [0.25, 0.3) is 0 Å². The summed E-state index contributed by atoms with van der Waals surface area (Å²) < 4.78 is 13.1. The quantitative estimate of drug-likeness (QED) is 0.165. The Balaban J connectivity index is 1.31. The van der Waals surface area contributed by atoms with Gasteiger partial charge in [0.2, 0.25) is 0 Å². The van der Waals surface area contributed by atoms with E-state index in [0.29, 0.717) is 36.1 Å². The maximum absolute atomic E-state index is 6.65. The second-order valence-electron chi connectivity index (χ2n) is 16.2. The predicted octanol–water partition coefficient (Wildman–Crippen LogP) is 9.29. The van der Waals surface area contributed by atoms with Gasteiger partial charge in [0.15, 0.2) is 16.6 Å². The molecule has 1 aromatic rings. The van der Waals surface area contributed by atoms with Crippen LogP contribution in [0.4, 0.5) is 0 Å². The number of nitrogens with zero attached hydrogens (tertiary/aromatic N) is 1. The molecule has 5 rings (SSSR count). The molecule has 4 saturated carbocycles. The molecule has 0 aliphatic heterocycles. The van der Waals surface area contributed by atoms with Gasteiger partial charge in [0.05, 0.1) is 12.3 Å². The van der Waals surface area contributed by atoms with Crippen LogP contribution in [-0.2, 0) is 20.3 Å². The van der Waals surface area contributed by atoms with Crippen LogP contribution in [0.25, 0.3) is 0 Å². The largest absolute Gasteiger partial charge is 0.415 e. The molecule has 6 heteroatoms. The Morgan fingerprint density at radius 3 is 2.23 bits per heavy atom. The average molecular weight is 584 g/mol. The first kappa shape index (κ1) is 30.5. The Labute approximate surface area is 247 Å². The van der Waals surface area contributed by atoms with Crippen LogP contribution in [0.5, 0.6) is 0 Å². The zero-order valence-electron chi connectivity index (χ0n) is 26.8. The molecule has 4 nitrogen and oxygen atoms in total. The summed E-state index contributed by atoms with van der Waals surface area (Å²) in [4.78, 5) is 6.04. The van der Waals surface area contributed by atoms with E-state index in [1.54, 1.807) is 0 Å². The molecule has 40 heavy (non-hydrogen) atoms. The van der Waals surface area contributed by atoms with Gasteiger partial charge in [-0.25, -0.2) is 0 Å². The van der Waals surface area contributed by atoms with Crippen LogP contribution in [0.2, 0.25) is 39.3 Å². The Bertz CT molecular complexity index is 1030. The van der Waals surface area contributed by atoms with Crippen LogP contribution in [0.3, 0.4) is 0 Å². The fraction of sp³-hybridized carbons (Fsp3) is 0.794. The van der Waals surface area contributed by atoms with E-state index in [1.807, 2.05) is 0 Å². The lowest BCUT2D eigenvalue weighted by molar-refractivity contribution is -0.121. The molecule has 0 radical (unpaired) electrons. The van der Waals surface area contributed by atoms with E-state index < -0.39 is 16.6 Å². The van der Waals surface area contributed by atoms with Crippen LogP contribution in [0.1, 0.15) is 77.2 Å². The van der Waals surface area contributed by atoms with Gasteiger partial charge in [-0.15, -0.1) is 0 Å². The molecule has 0 spiro atoms. The van der Waals surface area contributed by atoms with Crippen molar-refractivity contribution in [2.24, 2.45) is 45.6 Å². The van der Waals surface area contributed by atoms with Crippen LogP contribution in [-0.4, -0.2) is 35.1 Å². The van der Waals surface area contributed by atoms with Crippen molar-refractivity contribution in [1.29, 1.82) is 0 Å². The summed E-state index contributed by atoms with van der Waals surface area (Å²) >= 11 is 0. The van der Waals surface area contributed by atoms with Crippen LogP contribution in [0, 0.1) is 40.4 Å². The maximum Gasteiger partial charge on any atom is 0.184 e. The summed E-state index contributed by atoms with van der Waals surface area (Å²) in [6, 6.07) is 10.4. The van der Waals surface area contributed by atoms with Crippen LogP contribution < -0.4 is 0 Å². The molecule has 0 bridgehead atoms. The van der Waals surface area contributed by atoms with E-state index in [1.165, 1.54) is 69.1 Å². The number of hydrogen-bond acceptors (Lipinski definition) is 4. The molecule has 0 amide bonds. The smallest absolute Gasteiger partial charge is 0.184 e. The summed E-state index contributed by atoms with van der Waals surface area (Å²) in [6.45, 7) is 20.4. The Morgan fingerprint density at radius 2 is 1.52 bits per heavy atom. The van der Waals surface area contributed by atoms with Crippen molar-refractivity contribution >= 4 is 22.3 Å². The molecular weight excluding hydrogens is 527 g/mol. The average Bonchev–Trinajstić information content (AvgIpc) is 3.22. The van der Waals surface area contributed by atoms with Gasteiger partial charge >= 0.3 is 0 Å². The van der Waals surface area contributed by atoms with Crippen molar-refractivity contribution in [2.75, 3.05) is 6.61 Å². The fourth-order valence-electron chi connectivity index (χ4n) is 9.62. The van der Waals surface area contributed by atoms with E-state index in [9.17, 15) is 0 Å². The third-order valence-corrected chi connectivity index (χ3v) is 13.5. The second-order valence-corrected chi connectivity index (χ2v) is 25.2. The normalized spacial score (nSPS) is 38.4. The first-order valence-corrected chi connectivity index (χ1v) is 23.1. The monoisotopic (exact) mass is 583 g/mol. The Morgan fingerprint density at radius 1 is 0.825 bits per heavy atom. The molecule has 4 fully saturated rings. The number of hydrogen-bond donors (Lipinski definition) is 0. The third-order valence-electron chi connectivity index (χ3n) is 11.4. The van der Waals surface area contributed by atoms with Crippen molar-refractivity contribution < 1.29 is 13.7 Å². The zero-order chi connectivity index (χ0) is 28.8. The molecule has 4 aliphatic carbocycles. The first-order valence-electron chi connectivity index (χ1n) is 16.3. The second kappa shape index (κ2) is 11.6. The van der Waals surface area contributed by atoms with Crippen molar-refractivity contribution in [3.8, 4) is 0 Å². The molecule has 0 heterocycles. The summed E-state index contributed by atoms with van der Waals surface area (Å²) in [5.41, 5.74) is 3.15. The minimum Gasteiger partial charge on any atom is -0.415 e. The van der Waals surface area contributed by atoms with E-state index in [2.05, 4.69) is 83.5 Å². The van der Waals surface area contributed by atoms with E-state index in [4.69, 9.17) is 18.8 Å². The van der Waals surface area contributed by atoms with Crippen molar-refractivity contribution in [1.82, 2.24) is 0 Å². The van der Waals surface area contributed by atoms with Gasteiger partial charge in [-0.3, -0.25) is 0 Å². The molecule has 224 valence electrons. The van der Waals surface area contributed by atoms with E-state index in [0.717, 1.165) is 23.7 Å². The lowest BCUT2D eigenvalue weighted by atomic mass is 9.44. The fourth-order valence-corrected chi connectivity index (χ4v) is 11.4. The minimum absolute atomic E-state index is 0.306. The topological polar surface area (TPSA) is 40.0 Å². The highest BCUT2D eigenvalue weighted by Gasteiger charge is 2.61. The van der Waals surface area contributed by atoms with Crippen molar-refractivity contribution in [3.05, 3.63) is 35.9 Å². The van der Waals surface area contributed by atoms with Crippen molar-refractivity contribution in [2.45, 2.75) is 124 Å². The summed E-state index contributed by atoms with van der Waals surface area (Å²) in [5.74, 6) is 3.86. The van der Waals surface area contributed by atoms with Gasteiger partial charge < -0.3 is 13.7 Å². The van der Waals surface area contributed by atoms with Gasteiger partial charge in [-0.2, -0.15) is 0 Å². The van der Waals surface area contributed by atoms with Crippen LogP contribution in [0.15, 0.2) is 35.5 Å². The Hall–Kier alpha value is -0.956. The lowest BCUT2D eigenvalue weighted by Crippen LogP contribution is -2.55. The predicted molar refractivity (Wildman–Crippen MR) is 171 cm³/mol. The highest BCUT2D eigenvalue weighted by Crippen LogP contribution is 2.67. The van der Waals surface area contributed by atoms with E-state index in [-0.39, 0.29) is 0 Å². The van der Waals surface area contributed by atoms with Crippen molar-refractivity contribution in [3.63, 3.8) is 0 Å². The number of benzene rings is 1. The highest BCUT2D eigenvalue weighted by molar-refractivity contribution is 6.70. The summed E-state index contributed by atoms with van der Waals surface area (Å²) in [5, 5.41) is 4.86. The maximum atomic E-state index is 6.65. The van der Waals surface area contributed by atoms with Gasteiger partial charge in [0.1, 0.15) is 6.61 Å².